The predicted octanol–water partition coefficient (Wildman–Crippen LogP) is 2.14. The second kappa shape index (κ2) is 7.39. The molecule has 0 spiro atoms. The summed E-state index contributed by atoms with van der Waals surface area (Å²) in [6.45, 7) is 2.81. The summed E-state index contributed by atoms with van der Waals surface area (Å²) in [4.78, 5) is 11.7. The molecule has 0 aliphatic carbocycles. The summed E-state index contributed by atoms with van der Waals surface area (Å²) in [5.74, 6) is 3.29. The zero-order valence-electron chi connectivity index (χ0n) is 11.0. The third-order valence-corrected chi connectivity index (χ3v) is 2.68. The Balaban J connectivity index is 2.67. The molecule has 0 bridgehead atoms. The Kier molecular flexibility index (Phi) is 5.79. The highest BCUT2D eigenvalue weighted by Crippen LogP contribution is 2.17. The van der Waals surface area contributed by atoms with Gasteiger partial charge in [-0.05, 0) is 24.1 Å². The average Bonchev–Trinajstić information content (AvgIpc) is 2.39. The third-order valence-electron chi connectivity index (χ3n) is 2.68. The van der Waals surface area contributed by atoms with Gasteiger partial charge in [0, 0.05) is 12.1 Å². The minimum absolute atomic E-state index is 0.00474. The molecule has 0 radical (unpaired) electrons. The molecule has 96 valence electrons. The summed E-state index contributed by atoms with van der Waals surface area (Å²) in [7, 11) is 1.59. The van der Waals surface area contributed by atoms with E-state index in [2.05, 4.69) is 18.2 Å². The lowest BCUT2D eigenvalue weighted by molar-refractivity contribution is -0.120. The first kappa shape index (κ1) is 14.1. The van der Waals surface area contributed by atoms with Gasteiger partial charge in [-0.25, -0.2) is 0 Å². The van der Waals surface area contributed by atoms with Crippen LogP contribution in [0.5, 0.6) is 5.75 Å². The van der Waals surface area contributed by atoms with Crippen LogP contribution in [0.4, 0.5) is 0 Å². The maximum absolute atomic E-state index is 11.7. The summed E-state index contributed by atoms with van der Waals surface area (Å²) < 4.78 is 5.10. The molecule has 1 aromatic rings. The molecular weight excluding hydrogens is 226 g/mol. The number of hydrogen-bond donors (Lipinski definition) is 1. The molecule has 3 nitrogen and oxygen atoms in total. The molecule has 0 saturated heterocycles. The van der Waals surface area contributed by atoms with E-state index in [0.29, 0.717) is 17.7 Å². The number of nitrogens with one attached hydrogen (secondary N) is 1. The number of amides is 1. The van der Waals surface area contributed by atoms with Crippen molar-refractivity contribution < 1.29 is 9.53 Å². The SMILES string of the molecule is C#Cc1cc(OC)ccc1CC(=O)NCCCC. The highest BCUT2D eigenvalue weighted by molar-refractivity contribution is 5.79. The second-order valence-electron chi connectivity index (χ2n) is 4.05. The van der Waals surface area contributed by atoms with Crippen LogP contribution in [0.15, 0.2) is 18.2 Å². The van der Waals surface area contributed by atoms with Gasteiger partial charge in [0.15, 0.2) is 0 Å². The highest BCUT2D eigenvalue weighted by atomic mass is 16.5. The molecule has 18 heavy (non-hydrogen) atoms. The molecule has 1 rings (SSSR count). The van der Waals surface area contributed by atoms with Gasteiger partial charge in [-0.1, -0.05) is 25.3 Å². The number of ether oxygens (including phenoxy) is 1. The van der Waals surface area contributed by atoms with Crippen LogP contribution in [0.3, 0.4) is 0 Å². The lowest BCUT2D eigenvalue weighted by Gasteiger charge is -2.08. The van der Waals surface area contributed by atoms with Crippen molar-refractivity contribution in [1.29, 1.82) is 0 Å². The van der Waals surface area contributed by atoms with Gasteiger partial charge in [-0.15, -0.1) is 6.42 Å². The van der Waals surface area contributed by atoms with Crippen molar-refractivity contribution in [3.05, 3.63) is 29.3 Å². The van der Waals surface area contributed by atoms with E-state index in [9.17, 15) is 4.79 Å². The molecule has 0 fully saturated rings. The molecule has 3 heteroatoms. The molecule has 0 saturated carbocycles. The Morgan fingerprint density at radius 2 is 2.28 bits per heavy atom. The van der Waals surface area contributed by atoms with Gasteiger partial charge >= 0.3 is 0 Å². The van der Waals surface area contributed by atoms with Gasteiger partial charge in [0.05, 0.1) is 13.5 Å². The van der Waals surface area contributed by atoms with Crippen molar-refractivity contribution in [2.45, 2.75) is 26.2 Å². The fraction of sp³-hybridized carbons (Fsp3) is 0.400. The summed E-state index contributed by atoms with van der Waals surface area (Å²) in [6.07, 6.45) is 7.81. The second-order valence-corrected chi connectivity index (χ2v) is 4.05. The van der Waals surface area contributed by atoms with Crippen LogP contribution in [0.2, 0.25) is 0 Å². The van der Waals surface area contributed by atoms with E-state index in [-0.39, 0.29) is 5.91 Å². The molecule has 0 aliphatic heterocycles. The van der Waals surface area contributed by atoms with E-state index in [1.807, 2.05) is 12.1 Å². The predicted molar refractivity (Wildman–Crippen MR) is 72.6 cm³/mol. The Labute approximate surface area is 109 Å². The van der Waals surface area contributed by atoms with Crippen LogP contribution in [0.25, 0.3) is 0 Å². The largest absolute Gasteiger partial charge is 0.497 e. The van der Waals surface area contributed by atoms with Crippen LogP contribution in [-0.2, 0) is 11.2 Å². The fourth-order valence-electron chi connectivity index (χ4n) is 1.61. The first-order valence-electron chi connectivity index (χ1n) is 6.11. The number of terminal acetylenes is 1. The smallest absolute Gasteiger partial charge is 0.224 e. The van der Waals surface area contributed by atoms with Crippen molar-refractivity contribution in [2.24, 2.45) is 0 Å². The maximum atomic E-state index is 11.7. The number of benzene rings is 1. The number of hydrogen-bond acceptors (Lipinski definition) is 2. The molecule has 0 unspecified atom stereocenters. The van der Waals surface area contributed by atoms with Crippen LogP contribution in [0.1, 0.15) is 30.9 Å². The Morgan fingerprint density at radius 3 is 2.89 bits per heavy atom. The van der Waals surface area contributed by atoms with E-state index >= 15 is 0 Å². The topological polar surface area (TPSA) is 38.3 Å². The van der Waals surface area contributed by atoms with Gasteiger partial charge in [0.25, 0.3) is 0 Å². The van der Waals surface area contributed by atoms with Crippen molar-refractivity contribution in [3.63, 3.8) is 0 Å². The van der Waals surface area contributed by atoms with Crippen LogP contribution in [0, 0.1) is 12.3 Å². The molecule has 0 heterocycles. The van der Waals surface area contributed by atoms with Crippen molar-refractivity contribution in [3.8, 4) is 18.1 Å². The molecule has 0 atom stereocenters. The molecule has 1 aromatic carbocycles. The van der Waals surface area contributed by atoms with Crippen molar-refractivity contribution in [1.82, 2.24) is 5.32 Å². The van der Waals surface area contributed by atoms with E-state index in [0.717, 1.165) is 24.9 Å². The Hall–Kier alpha value is -1.95. The van der Waals surface area contributed by atoms with E-state index in [1.54, 1.807) is 13.2 Å². The monoisotopic (exact) mass is 245 g/mol. The van der Waals surface area contributed by atoms with Gasteiger partial charge in [-0.2, -0.15) is 0 Å². The van der Waals surface area contributed by atoms with Gasteiger partial charge in [-0.3, -0.25) is 4.79 Å². The molecule has 1 N–H and O–H groups in total. The highest BCUT2D eigenvalue weighted by Gasteiger charge is 2.07. The average molecular weight is 245 g/mol. The van der Waals surface area contributed by atoms with E-state index < -0.39 is 0 Å². The van der Waals surface area contributed by atoms with Gasteiger partial charge < -0.3 is 10.1 Å². The van der Waals surface area contributed by atoms with Crippen molar-refractivity contribution >= 4 is 5.91 Å². The summed E-state index contributed by atoms with van der Waals surface area (Å²) in [6, 6.07) is 5.43. The van der Waals surface area contributed by atoms with Crippen molar-refractivity contribution in [2.75, 3.05) is 13.7 Å². The number of rotatable bonds is 6. The minimum atomic E-state index is 0.00474. The first-order chi connectivity index (χ1) is 8.71. The summed E-state index contributed by atoms with van der Waals surface area (Å²) >= 11 is 0. The quantitative estimate of drug-likeness (QED) is 0.616. The maximum Gasteiger partial charge on any atom is 0.224 e. The standard InChI is InChI=1S/C15H19NO2/c1-4-6-9-16-15(17)11-13-7-8-14(18-3)10-12(13)5-2/h2,7-8,10H,4,6,9,11H2,1,3H3,(H,16,17). The van der Waals surface area contributed by atoms with Crippen LogP contribution in [-0.4, -0.2) is 19.6 Å². The minimum Gasteiger partial charge on any atom is -0.497 e. The van der Waals surface area contributed by atoms with Gasteiger partial charge in [0.1, 0.15) is 5.75 Å². The van der Waals surface area contributed by atoms with Gasteiger partial charge in [0.2, 0.25) is 5.91 Å². The molecular formula is C15H19NO2. The van der Waals surface area contributed by atoms with E-state index in [4.69, 9.17) is 11.2 Å². The third kappa shape index (κ3) is 4.14. The zero-order chi connectivity index (χ0) is 13.4. The first-order valence-corrected chi connectivity index (χ1v) is 6.11. The molecule has 0 aromatic heterocycles. The van der Waals surface area contributed by atoms with E-state index in [1.165, 1.54) is 0 Å². The lowest BCUT2D eigenvalue weighted by atomic mass is 10.0. The molecule has 0 aliphatic rings. The number of carbonyl (C=O) groups excluding carboxylic acids is 1. The van der Waals surface area contributed by atoms with Crippen LogP contribution < -0.4 is 10.1 Å². The summed E-state index contributed by atoms with van der Waals surface area (Å²) in [5.41, 5.74) is 1.56. The number of unbranched alkanes of at least 4 members (excludes halogenated alkanes) is 1. The lowest BCUT2D eigenvalue weighted by Crippen LogP contribution is -2.26. The fourth-order valence-corrected chi connectivity index (χ4v) is 1.61. The molecule has 1 amide bonds. The summed E-state index contributed by atoms with van der Waals surface area (Å²) in [5, 5.41) is 2.87. The zero-order valence-corrected chi connectivity index (χ0v) is 11.0. The number of carbonyl (C=O) groups is 1. The van der Waals surface area contributed by atoms with Crippen LogP contribution >= 0.6 is 0 Å². The normalized spacial score (nSPS) is 9.61. The number of methoxy groups -OCH3 is 1. The Bertz CT molecular complexity index is 446. The Morgan fingerprint density at radius 1 is 1.50 bits per heavy atom.